The number of carboxylic acids is 1. The molecule has 2 rings (SSSR count). The van der Waals surface area contributed by atoms with Crippen LogP contribution in [-0.4, -0.2) is 40.8 Å². The molecule has 1 amide bonds. The third kappa shape index (κ3) is 3.35. The lowest BCUT2D eigenvalue weighted by Gasteiger charge is -2.14. The van der Waals surface area contributed by atoms with E-state index in [1.54, 1.807) is 25.4 Å². The topological polar surface area (TPSA) is 80.6 Å². The van der Waals surface area contributed by atoms with Crippen LogP contribution in [0.3, 0.4) is 0 Å². The maximum absolute atomic E-state index is 12.1. The average Bonchev–Trinajstić information content (AvgIpc) is 2.97. The van der Waals surface area contributed by atoms with Crippen molar-refractivity contribution >= 4 is 11.9 Å². The lowest BCUT2D eigenvalue weighted by molar-refractivity contribution is -0.137. The maximum atomic E-state index is 12.1. The first-order chi connectivity index (χ1) is 9.10. The lowest BCUT2D eigenvalue weighted by atomic mass is 10.2. The second-order valence-corrected chi connectivity index (χ2v) is 4.76. The van der Waals surface area contributed by atoms with Crippen molar-refractivity contribution in [1.29, 1.82) is 0 Å². The first-order valence-electron chi connectivity index (χ1n) is 6.30. The smallest absolute Gasteiger partial charge is 0.323 e. The summed E-state index contributed by atoms with van der Waals surface area (Å²) < 4.78 is 6.69. The van der Waals surface area contributed by atoms with Crippen LogP contribution in [0.25, 0.3) is 0 Å². The Bertz CT molecular complexity index is 469. The fourth-order valence-electron chi connectivity index (χ4n) is 2.45. The van der Waals surface area contributed by atoms with E-state index in [1.165, 1.54) is 4.57 Å². The maximum Gasteiger partial charge on any atom is 0.323 e. The van der Waals surface area contributed by atoms with E-state index in [1.807, 2.05) is 0 Å². The van der Waals surface area contributed by atoms with Gasteiger partial charge in [-0.1, -0.05) is 0 Å². The van der Waals surface area contributed by atoms with E-state index in [9.17, 15) is 9.59 Å². The molecule has 1 fully saturated rings. The summed E-state index contributed by atoms with van der Waals surface area (Å²) >= 11 is 0. The zero-order chi connectivity index (χ0) is 13.8. The number of hydrogen-bond donors (Lipinski definition) is 2. The minimum Gasteiger partial charge on any atom is -0.480 e. The molecule has 1 saturated carbocycles. The number of carbonyl (C=O) groups excluding carboxylic acids is 1. The van der Waals surface area contributed by atoms with Gasteiger partial charge in [0.1, 0.15) is 12.2 Å². The van der Waals surface area contributed by atoms with Crippen molar-refractivity contribution in [2.45, 2.75) is 38.0 Å². The van der Waals surface area contributed by atoms with Gasteiger partial charge < -0.3 is 19.7 Å². The molecule has 6 nitrogen and oxygen atoms in total. The van der Waals surface area contributed by atoms with Crippen LogP contribution in [0.4, 0.5) is 0 Å². The van der Waals surface area contributed by atoms with Gasteiger partial charge in [-0.25, -0.2) is 0 Å². The van der Waals surface area contributed by atoms with Crippen LogP contribution in [0.5, 0.6) is 0 Å². The largest absolute Gasteiger partial charge is 0.480 e. The van der Waals surface area contributed by atoms with Gasteiger partial charge in [0.05, 0.1) is 6.10 Å². The Morgan fingerprint density at radius 1 is 1.53 bits per heavy atom. The van der Waals surface area contributed by atoms with Gasteiger partial charge in [0, 0.05) is 19.3 Å². The minimum absolute atomic E-state index is 0.102. The lowest BCUT2D eigenvalue weighted by Crippen LogP contribution is -2.35. The normalized spacial score (nSPS) is 22.4. The Morgan fingerprint density at radius 2 is 2.32 bits per heavy atom. The molecule has 1 aliphatic carbocycles. The predicted molar refractivity (Wildman–Crippen MR) is 68.0 cm³/mol. The first-order valence-corrected chi connectivity index (χ1v) is 6.30. The van der Waals surface area contributed by atoms with Gasteiger partial charge in [0.25, 0.3) is 5.91 Å². The highest BCUT2D eigenvalue weighted by Crippen LogP contribution is 2.21. The molecule has 1 heterocycles. The molecule has 1 aromatic rings. The quantitative estimate of drug-likeness (QED) is 0.828. The van der Waals surface area contributed by atoms with Crippen LogP contribution in [0.2, 0.25) is 0 Å². The van der Waals surface area contributed by atoms with Crippen LogP contribution in [0.15, 0.2) is 18.3 Å². The number of carbonyl (C=O) groups is 2. The molecule has 2 N–H and O–H groups in total. The molecule has 1 aliphatic rings. The number of aromatic nitrogens is 1. The third-order valence-electron chi connectivity index (χ3n) is 3.42. The number of amides is 1. The molecular formula is C13H18N2O4. The fraction of sp³-hybridized carbons (Fsp3) is 0.538. The van der Waals surface area contributed by atoms with E-state index in [0.29, 0.717) is 5.69 Å². The Hall–Kier alpha value is -1.82. The molecule has 0 radical (unpaired) electrons. The van der Waals surface area contributed by atoms with E-state index in [0.717, 1.165) is 19.3 Å². The second-order valence-electron chi connectivity index (χ2n) is 4.76. The average molecular weight is 266 g/mol. The Labute approximate surface area is 111 Å². The summed E-state index contributed by atoms with van der Waals surface area (Å²) in [7, 11) is 1.67. The van der Waals surface area contributed by atoms with Crippen molar-refractivity contribution in [2.75, 3.05) is 7.11 Å². The van der Waals surface area contributed by atoms with Crippen LogP contribution >= 0.6 is 0 Å². The molecular weight excluding hydrogens is 248 g/mol. The molecule has 0 bridgehead atoms. The van der Waals surface area contributed by atoms with Crippen LogP contribution in [-0.2, 0) is 16.1 Å². The Balaban J connectivity index is 1.97. The van der Waals surface area contributed by atoms with Gasteiger partial charge in [0.15, 0.2) is 0 Å². The summed E-state index contributed by atoms with van der Waals surface area (Å²) in [6.45, 7) is -0.207. The van der Waals surface area contributed by atoms with Crippen LogP contribution in [0.1, 0.15) is 29.8 Å². The van der Waals surface area contributed by atoms with E-state index in [2.05, 4.69) is 5.32 Å². The van der Waals surface area contributed by atoms with E-state index >= 15 is 0 Å². The third-order valence-corrected chi connectivity index (χ3v) is 3.42. The molecule has 2 unspecified atom stereocenters. The predicted octanol–water partition coefficient (Wildman–Crippen LogP) is 0.870. The summed E-state index contributed by atoms with van der Waals surface area (Å²) in [6, 6.07) is 3.40. The highest BCUT2D eigenvalue weighted by molar-refractivity contribution is 5.93. The molecule has 104 valence electrons. The molecule has 0 spiro atoms. The van der Waals surface area contributed by atoms with Crippen molar-refractivity contribution < 1.29 is 19.4 Å². The van der Waals surface area contributed by atoms with E-state index < -0.39 is 5.97 Å². The monoisotopic (exact) mass is 266 g/mol. The number of hydrogen-bond acceptors (Lipinski definition) is 3. The van der Waals surface area contributed by atoms with Gasteiger partial charge in [0.2, 0.25) is 0 Å². The highest BCUT2D eigenvalue weighted by Gasteiger charge is 2.26. The van der Waals surface area contributed by atoms with Crippen LogP contribution < -0.4 is 5.32 Å². The van der Waals surface area contributed by atoms with E-state index in [4.69, 9.17) is 9.84 Å². The summed E-state index contributed by atoms with van der Waals surface area (Å²) in [5, 5.41) is 11.7. The number of nitrogens with one attached hydrogen (secondary N) is 1. The molecule has 2 atom stereocenters. The standard InChI is InChI=1S/C13H18N2O4/c1-19-10-5-4-9(7-10)14-13(18)11-3-2-6-15(11)8-12(16)17/h2-3,6,9-10H,4-5,7-8H2,1H3,(H,14,18)(H,16,17). The van der Waals surface area contributed by atoms with Crippen molar-refractivity contribution in [2.24, 2.45) is 0 Å². The fourth-order valence-corrected chi connectivity index (χ4v) is 2.45. The van der Waals surface area contributed by atoms with Crippen LogP contribution in [0, 0.1) is 0 Å². The Morgan fingerprint density at radius 3 is 2.95 bits per heavy atom. The first kappa shape index (κ1) is 13.6. The van der Waals surface area contributed by atoms with Gasteiger partial charge in [-0.05, 0) is 31.4 Å². The molecule has 6 heteroatoms. The number of ether oxygens (including phenoxy) is 1. The SMILES string of the molecule is COC1CCC(NC(=O)c2cccn2CC(=O)O)C1. The zero-order valence-corrected chi connectivity index (χ0v) is 10.8. The number of carboxylic acid groups (broad SMARTS) is 1. The summed E-state index contributed by atoms with van der Waals surface area (Å²) in [5.41, 5.74) is 0.378. The number of nitrogens with zero attached hydrogens (tertiary/aromatic N) is 1. The highest BCUT2D eigenvalue weighted by atomic mass is 16.5. The zero-order valence-electron chi connectivity index (χ0n) is 10.8. The summed E-state index contributed by atoms with van der Waals surface area (Å²) in [4.78, 5) is 22.8. The van der Waals surface area contributed by atoms with Crippen molar-refractivity contribution in [3.8, 4) is 0 Å². The minimum atomic E-state index is -0.967. The molecule has 0 saturated heterocycles. The molecule has 0 aromatic carbocycles. The van der Waals surface area contributed by atoms with Gasteiger partial charge in [-0.15, -0.1) is 0 Å². The van der Waals surface area contributed by atoms with Crippen molar-refractivity contribution in [3.63, 3.8) is 0 Å². The number of rotatable bonds is 5. The van der Waals surface area contributed by atoms with Crippen molar-refractivity contribution in [1.82, 2.24) is 9.88 Å². The summed E-state index contributed by atoms with van der Waals surface area (Å²) in [5.74, 6) is -1.20. The summed E-state index contributed by atoms with van der Waals surface area (Å²) in [6.07, 6.45) is 4.44. The Kier molecular flexibility index (Phi) is 4.21. The number of aliphatic carboxylic acids is 1. The van der Waals surface area contributed by atoms with Gasteiger partial charge >= 0.3 is 5.97 Å². The van der Waals surface area contributed by atoms with Gasteiger partial charge in [-0.2, -0.15) is 0 Å². The van der Waals surface area contributed by atoms with Gasteiger partial charge in [-0.3, -0.25) is 9.59 Å². The molecule has 0 aliphatic heterocycles. The molecule has 1 aromatic heterocycles. The van der Waals surface area contributed by atoms with E-state index in [-0.39, 0.29) is 24.6 Å². The number of methoxy groups -OCH3 is 1. The second kappa shape index (κ2) is 5.88. The molecule has 19 heavy (non-hydrogen) atoms. The van der Waals surface area contributed by atoms with Crippen molar-refractivity contribution in [3.05, 3.63) is 24.0 Å².